The predicted octanol–water partition coefficient (Wildman–Crippen LogP) is 2.42. The summed E-state index contributed by atoms with van der Waals surface area (Å²) in [5.74, 6) is -3.05. The van der Waals surface area contributed by atoms with Crippen molar-refractivity contribution < 1.29 is 13.6 Å². The van der Waals surface area contributed by atoms with E-state index < -0.39 is 17.7 Å². The lowest BCUT2D eigenvalue weighted by atomic mass is 10.2. The van der Waals surface area contributed by atoms with Crippen LogP contribution in [0.15, 0.2) is 36.8 Å². The molecule has 2 aromatic rings. The zero-order valence-electron chi connectivity index (χ0n) is 10.9. The lowest BCUT2D eigenvalue weighted by molar-refractivity contribution is 0.0746. The van der Waals surface area contributed by atoms with Gasteiger partial charge in [0.15, 0.2) is 5.82 Å². The number of hydrogen-bond donors (Lipinski definition) is 0. The van der Waals surface area contributed by atoms with E-state index in [-0.39, 0.29) is 5.56 Å². The molecular formula is C14H13F2N3O. The first-order valence-electron chi connectivity index (χ1n) is 6.11. The maximum Gasteiger partial charge on any atom is 0.257 e. The third kappa shape index (κ3) is 2.96. The zero-order valence-corrected chi connectivity index (χ0v) is 10.9. The van der Waals surface area contributed by atoms with E-state index in [9.17, 15) is 13.6 Å². The second kappa shape index (κ2) is 6.18. The van der Waals surface area contributed by atoms with E-state index in [1.165, 1.54) is 11.0 Å². The number of hydrogen-bond acceptors (Lipinski definition) is 3. The van der Waals surface area contributed by atoms with E-state index >= 15 is 0 Å². The molecule has 4 nitrogen and oxygen atoms in total. The van der Waals surface area contributed by atoms with Gasteiger partial charge in [0.05, 0.1) is 5.56 Å². The van der Waals surface area contributed by atoms with Crippen molar-refractivity contribution >= 4 is 5.91 Å². The third-order valence-electron chi connectivity index (χ3n) is 2.87. The van der Waals surface area contributed by atoms with Crippen LogP contribution in [0.1, 0.15) is 22.8 Å². The van der Waals surface area contributed by atoms with Gasteiger partial charge in [-0.1, -0.05) is 0 Å². The highest BCUT2D eigenvalue weighted by molar-refractivity contribution is 5.94. The highest BCUT2D eigenvalue weighted by Crippen LogP contribution is 2.14. The van der Waals surface area contributed by atoms with Gasteiger partial charge in [-0.2, -0.15) is 4.39 Å². The molecule has 0 saturated carbocycles. The summed E-state index contributed by atoms with van der Waals surface area (Å²) in [4.78, 5) is 20.7. The molecule has 0 fully saturated rings. The van der Waals surface area contributed by atoms with Crippen LogP contribution in [0.2, 0.25) is 0 Å². The van der Waals surface area contributed by atoms with Gasteiger partial charge in [-0.25, -0.2) is 9.37 Å². The first kappa shape index (κ1) is 14.0. The summed E-state index contributed by atoms with van der Waals surface area (Å²) >= 11 is 0. The summed E-state index contributed by atoms with van der Waals surface area (Å²) in [5.41, 5.74) is 0.554. The molecule has 0 bridgehead atoms. The number of rotatable bonds is 4. The minimum Gasteiger partial charge on any atom is -0.335 e. The molecule has 0 aliphatic carbocycles. The Balaban J connectivity index is 2.23. The standard InChI is InChI=1S/C14H13F2N3O/c1-2-19(9-10-3-6-17-7-4-10)14(20)11-5-8-18-13(16)12(11)15/h3-8H,2,9H2,1H3. The van der Waals surface area contributed by atoms with Crippen molar-refractivity contribution in [2.45, 2.75) is 13.5 Å². The van der Waals surface area contributed by atoms with Crippen LogP contribution in [0.4, 0.5) is 8.78 Å². The molecule has 0 aliphatic heterocycles. The zero-order chi connectivity index (χ0) is 14.5. The summed E-state index contributed by atoms with van der Waals surface area (Å²) in [6, 6.07) is 4.70. The summed E-state index contributed by atoms with van der Waals surface area (Å²) in [6.07, 6.45) is 4.30. The van der Waals surface area contributed by atoms with Gasteiger partial charge in [0.25, 0.3) is 5.91 Å². The van der Waals surface area contributed by atoms with Crippen LogP contribution in [-0.2, 0) is 6.54 Å². The van der Waals surface area contributed by atoms with Crippen LogP contribution >= 0.6 is 0 Å². The van der Waals surface area contributed by atoms with Gasteiger partial charge in [-0.05, 0) is 30.7 Å². The first-order chi connectivity index (χ1) is 9.63. The molecule has 1 amide bonds. The maximum absolute atomic E-state index is 13.6. The van der Waals surface area contributed by atoms with E-state index in [0.717, 1.165) is 11.8 Å². The van der Waals surface area contributed by atoms with Crippen molar-refractivity contribution in [1.82, 2.24) is 14.9 Å². The summed E-state index contributed by atoms with van der Waals surface area (Å²) in [5, 5.41) is 0. The number of halogens is 2. The third-order valence-corrected chi connectivity index (χ3v) is 2.87. The minimum atomic E-state index is -1.27. The molecule has 2 rings (SSSR count). The summed E-state index contributed by atoms with van der Waals surface area (Å²) in [7, 11) is 0. The van der Waals surface area contributed by atoms with Crippen molar-refractivity contribution in [3.8, 4) is 0 Å². The van der Waals surface area contributed by atoms with Gasteiger partial charge in [-0.15, -0.1) is 0 Å². The lowest BCUT2D eigenvalue weighted by Gasteiger charge is -2.21. The Hall–Kier alpha value is -2.37. The Labute approximate surface area is 115 Å². The molecule has 0 aromatic carbocycles. The molecule has 2 heterocycles. The number of amides is 1. The largest absolute Gasteiger partial charge is 0.335 e. The summed E-state index contributed by atoms with van der Waals surface area (Å²) in [6.45, 7) is 2.46. The Kier molecular flexibility index (Phi) is 4.34. The molecule has 6 heteroatoms. The minimum absolute atomic E-state index is 0.307. The van der Waals surface area contributed by atoms with Crippen LogP contribution < -0.4 is 0 Å². The van der Waals surface area contributed by atoms with Gasteiger partial charge < -0.3 is 4.90 Å². The van der Waals surface area contributed by atoms with Crippen molar-refractivity contribution in [1.29, 1.82) is 0 Å². The topological polar surface area (TPSA) is 46.1 Å². The monoisotopic (exact) mass is 277 g/mol. The smallest absolute Gasteiger partial charge is 0.257 e. The van der Waals surface area contributed by atoms with Gasteiger partial charge in [-0.3, -0.25) is 9.78 Å². The van der Waals surface area contributed by atoms with Gasteiger partial charge >= 0.3 is 0 Å². The quantitative estimate of drug-likeness (QED) is 0.806. The first-order valence-corrected chi connectivity index (χ1v) is 6.11. The predicted molar refractivity (Wildman–Crippen MR) is 68.8 cm³/mol. The number of carbonyl (C=O) groups excluding carboxylic acids is 1. The van der Waals surface area contributed by atoms with Crippen LogP contribution in [-0.4, -0.2) is 27.3 Å². The second-order valence-corrected chi connectivity index (χ2v) is 4.14. The maximum atomic E-state index is 13.6. The SMILES string of the molecule is CCN(Cc1ccncc1)C(=O)c1ccnc(F)c1F. The molecule has 2 aromatic heterocycles. The van der Waals surface area contributed by atoms with Crippen molar-refractivity contribution in [2.75, 3.05) is 6.54 Å². The highest BCUT2D eigenvalue weighted by Gasteiger charge is 2.21. The molecule has 20 heavy (non-hydrogen) atoms. The molecule has 0 unspecified atom stereocenters. The second-order valence-electron chi connectivity index (χ2n) is 4.14. The van der Waals surface area contributed by atoms with Crippen molar-refractivity contribution in [2.24, 2.45) is 0 Å². The van der Waals surface area contributed by atoms with E-state index in [1.54, 1.807) is 31.5 Å². The fraction of sp³-hybridized carbons (Fsp3) is 0.214. The fourth-order valence-electron chi connectivity index (χ4n) is 1.79. The van der Waals surface area contributed by atoms with Gasteiger partial charge in [0.1, 0.15) is 0 Å². The normalized spacial score (nSPS) is 10.3. The molecule has 0 aliphatic rings. The number of pyridine rings is 2. The lowest BCUT2D eigenvalue weighted by Crippen LogP contribution is -2.31. The average Bonchev–Trinajstić information content (AvgIpc) is 2.48. The number of nitrogens with zero attached hydrogens (tertiary/aromatic N) is 3. The van der Waals surface area contributed by atoms with Crippen molar-refractivity contribution in [3.05, 3.63) is 59.7 Å². The molecule has 0 radical (unpaired) electrons. The van der Waals surface area contributed by atoms with Gasteiger partial charge in [0.2, 0.25) is 5.95 Å². The molecular weight excluding hydrogens is 264 g/mol. The molecule has 0 atom stereocenters. The van der Waals surface area contributed by atoms with Gasteiger partial charge in [0, 0.05) is 31.7 Å². The molecule has 0 spiro atoms. The molecule has 104 valence electrons. The van der Waals surface area contributed by atoms with Crippen LogP contribution in [0.3, 0.4) is 0 Å². The van der Waals surface area contributed by atoms with Crippen LogP contribution in [0.25, 0.3) is 0 Å². The van der Waals surface area contributed by atoms with E-state index in [1.807, 2.05) is 0 Å². The summed E-state index contributed by atoms with van der Waals surface area (Å²) < 4.78 is 26.7. The average molecular weight is 277 g/mol. The number of aromatic nitrogens is 2. The fourth-order valence-corrected chi connectivity index (χ4v) is 1.79. The van der Waals surface area contributed by atoms with Crippen LogP contribution in [0.5, 0.6) is 0 Å². The van der Waals surface area contributed by atoms with Crippen LogP contribution in [0, 0.1) is 11.8 Å². The van der Waals surface area contributed by atoms with E-state index in [0.29, 0.717) is 13.1 Å². The van der Waals surface area contributed by atoms with E-state index in [4.69, 9.17) is 0 Å². The number of carbonyl (C=O) groups is 1. The Morgan fingerprint density at radius 3 is 2.55 bits per heavy atom. The van der Waals surface area contributed by atoms with Crippen molar-refractivity contribution in [3.63, 3.8) is 0 Å². The van der Waals surface area contributed by atoms with E-state index in [2.05, 4.69) is 9.97 Å². The molecule has 0 N–H and O–H groups in total. The Morgan fingerprint density at radius 1 is 1.20 bits per heavy atom. The highest BCUT2D eigenvalue weighted by atomic mass is 19.2. The Morgan fingerprint density at radius 2 is 1.90 bits per heavy atom. The molecule has 0 saturated heterocycles. The Bertz CT molecular complexity index is 605.